The standard InChI is InChI=1S/C23H20F3N7O/c24-23(25,26)15-3-1-2-4-16(15)31-18-11-17(32-22-20(18)21(27)29-13-30-22)14-5-6-19(28-12-14)33-7-9-34-10-8-33/h1-6,11-13H,7-10H2,(H3,27,29,30,31,32). The van der Waals surface area contributed by atoms with E-state index in [2.05, 4.69) is 30.2 Å². The van der Waals surface area contributed by atoms with Crippen LogP contribution in [-0.2, 0) is 10.9 Å². The van der Waals surface area contributed by atoms with Gasteiger partial charge in [-0.15, -0.1) is 0 Å². The fourth-order valence-corrected chi connectivity index (χ4v) is 3.84. The zero-order chi connectivity index (χ0) is 23.7. The molecule has 1 saturated heterocycles. The smallest absolute Gasteiger partial charge is 0.383 e. The molecule has 0 spiro atoms. The maximum atomic E-state index is 13.6. The highest BCUT2D eigenvalue weighted by atomic mass is 19.4. The Kier molecular flexibility index (Phi) is 5.62. The van der Waals surface area contributed by atoms with Gasteiger partial charge in [0.1, 0.15) is 18.0 Å². The molecule has 11 heteroatoms. The first kappa shape index (κ1) is 21.8. The first-order valence-corrected chi connectivity index (χ1v) is 10.5. The van der Waals surface area contributed by atoms with Gasteiger partial charge in [0.2, 0.25) is 0 Å². The average molecular weight is 467 g/mol. The summed E-state index contributed by atoms with van der Waals surface area (Å²) in [6.45, 7) is 2.79. The lowest BCUT2D eigenvalue weighted by Gasteiger charge is -2.27. The summed E-state index contributed by atoms with van der Waals surface area (Å²) in [5.74, 6) is 0.925. The topological polar surface area (TPSA) is 102 Å². The summed E-state index contributed by atoms with van der Waals surface area (Å²) in [5, 5.41) is 3.21. The Labute approximate surface area is 192 Å². The van der Waals surface area contributed by atoms with Crippen molar-refractivity contribution in [3.63, 3.8) is 0 Å². The number of nitrogen functional groups attached to an aromatic ring is 1. The summed E-state index contributed by atoms with van der Waals surface area (Å²) in [6.07, 6.45) is -1.59. The minimum atomic E-state index is -4.53. The second kappa shape index (κ2) is 8.75. The van der Waals surface area contributed by atoms with Crippen molar-refractivity contribution in [2.75, 3.05) is 42.3 Å². The fourth-order valence-electron chi connectivity index (χ4n) is 3.84. The molecule has 1 aliphatic rings. The van der Waals surface area contributed by atoms with Gasteiger partial charge in [-0.25, -0.2) is 19.9 Å². The number of benzene rings is 1. The number of para-hydroxylation sites is 1. The number of nitrogens with one attached hydrogen (secondary N) is 1. The van der Waals surface area contributed by atoms with Crippen LogP contribution in [0.3, 0.4) is 0 Å². The second-order valence-corrected chi connectivity index (χ2v) is 7.69. The molecule has 1 fully saturated rings. The third-order valence-corrected chi connectivity index (χ3v) is 5.51. The van der Waals surface area contributed by atoms with E-state index in [4.69, 9.17) is 10.5 Å². The number of hydrogen-bond acceptors (Lipinski definition) is 8. The van der Waals surface area contributed by atoms with Gasteiger partial charge < -0.3 is 20.7 Å². The van der Waals surface area contributed by atoms with Crippen LogP contribution >= 0.6 is 0 Å². The SMILES string of the molecule is Nc1ncnc2nc(-c3ccc(N4CCOCC4)nc3)cc(Nc3ccccc3C(F)(F)F)c12. The predicted molar refractivity (Wildman–Crippen MR) is 123 cm³/mol. The Bertz CT molecular complexity index is 1320. The molecule has 0 atom stereocenters. The van der Waals surface area contributed by atoms with E-state index in [-0.39, 0.29) is 17.2 Å². The van der Waals surface area contributed by atoms with Gasteiger partial charge in [-0.2, -0.15) is 13.2 Å². The van der Waals surface area contributed by atoms with Gasteiger partial charge in [-0.05, 0) is 30.3 Å². The first-order chi connectivity index (χ1) is 16.4. The van der Waals surface area contributed by atoms with Crippen LogP contribution in [0.4, 0.5) is 36.2 Å². The quantitative estimate of drug-likeness (QED) is 0.459. The van der Waals surface area contributed by atoms with Crippen LogP contribution < -0.4 is 16.0 Å². The third kappa shape index (κ3) is 4.29. The van der Waals surface area contributed by atoms with Crippen LogP contribution in [0.5, 0.6) is 0 Å². The van der Waals surface area contributed by atoms with E-state index in [0.29, 0.717) is 35.5 Å². The number of ether oxygens (including phenoxy) is 1. The molecular formula is C23H20F3N7O. The summed E-state index contributed by atoms with van der Waals surface area (Å²) < 4.78 is 46.1. The van der Waals surface area contributed by atoms with E-state index in [0.717, 1.165) is 25.0 Å². The number of nitrogens with zero attached hydrogens (tertiary/aromatic N) is 5. The molecule has 34 heavy (non-hydrogen) atoms. The zero-order valence-corrected chi connectivity index (χ0v) is 17.9. The largest absolute Gasteiger partial charge is 0.418 e. The van der Waals surface area contributed by atoms with Gasteiger partial charge in [0, 0.05) is 24.8 Å². The van der Waals surface area contributed by atoms with Crippen LogP contribution in [0, 0.1) is 0 Å². The Balaban J connectivity index is 1.57. The molecule has 3 N–H and O–H groups in total. The minimum absolute atomic E-state index is 0.108. The third-order valence-electron chi connectivity index (χ3n) is 5.51. The predicted octanol–water partition coefficient (Wildman–Crippen LogP) is 4.27. The Morgan fingerprint density at radius 2 is 1.76 bits per heavy atom. The summed E-state index contributed by atoms with van der Waals surface area (Å²) in [7, 11) is 0. The molecule has 0 saturated carbocycles. The maximum Gasteiger partial charge on any atom is 0.418 e. The van der Waals surface area contributed by atoms with Crippen LogP contribution in [0.15, 0.2) is 55.0 Å². The van der Waals surface area contributed by atoms with Crippen LogP contribution in [0.25, 0.3) is 22.3 Å². The Morgan fingerprint density at radius 3 is 2.50 bits per heavy atom. The number of anilines is 4. The van der Waals surface area contributed by atoms with Gasteiger partial charge in [0.15, 0.2) is 5.65 Å². The zero-order valence-electron chi connectivity index (χ0n) is 17.9. The molecule has 0 bridgehead atoms. The van der Waals surface area contributed by atoms with E-state index in [1.165, 1.54) is 24.5 Å². The van der Waals surface area contributed by atoms with E-state index < -0.39 is 11.7 Å². The fraction of sp³-hybridized carbons (Fsp3) is 0.217. The minimum Gasteiger partial charge on any atom is -0.383 e. The Hall–Kier alpha value is -3.99. The monoisotopic (exact) mass is 467 g/mol. The Morgan fingerprint density at radius 1 is 0.971 bits per heavy atom. The maximum absolute atomic E-state index is 13.6. The molecule has 174 valence electrons. The van der Waals surface area contributed by atoms with Gasteiger partial charge in [-0.3, -0.25) is 0 Å². The van der Waals surface area contributed by atoms with E-state index in [1.54, 1.807) is 12.3 Å². The highest BCUT2D eigenvalue weighted by molar-refractivity contribution is 6.00. The summed E-state index contributed by atoms with van der Waals surface area (Å²) in [6, 6.07) is 10.6. The van der Waals surface area contributed by atoms with E-state index >= 15 is 0 Å². The number of morpholine rings is 1. The number of hydrogen-bond donors (Lipinski definition) is 2. The van der Waals surface area contributed by atoms with Crippen molar-refractivity contribution >= 4 is 34.0 Å². The lowest BCUT2D eigenvalue weighted by molar-refractivity contribution is -0.136. The summed E-state index contributed by atoms with van der Waals surface area (Å²) in [5.41, 5.74) is 6.87. The number of halogens is 3. The number of rotatable bonds is 4. The highest BCUT2D eigenvalue weighted by Gasteiger charge is 2.33. The summed E-state index contributed by atoms with van der Waals surface area (Å²) in [4.78, 5) is 19.4. The molecule has 3 aromatic heterocycles. The van der Waals surface area contributed by atoms with Crippen LogP contribution in [-0.4, -0.2) is 46.2 Å². The molecule has 4 aromatic rings. The molecule has 0 unspecified atom stereocenters. The molecule has 0 radical (unpaired) electrons. The number of alkyl halides is 3. The molecular weight excluding hydrogens is 447 g/mol. The number of fused-ring (bicyclic) bond motifs is 1. The van der Waals surface area contributed by atoms with Crippen LogP contribution in [0.2, 0.25) is 0 Å². The van der Waals surface area contributed by atoms with Gasteiger partial charge >= 0.3 is 6.18 Å². The highest BCUT2D eigenvalue weighted by Crippen LogP contribution is 2.38. The van der Waals surface area contributed by atoms with Crippen molar-refractivity contribution in [1.29, 1.82) is 0 Å². The van der Waals surface area contributed by atoms with Crippen molar-refractivity contribution in [3.05, 3.63) is 60.6 Å². The average Bonchev–Trinajstić information content (AvgIpc) is 2.84. The molecule has 4 heterocycles. The van der Waals surface area contributed by atoms with Crippen molar-refractivity contribution in [1.82, 2.24) is 19.9 Å². The molecule has 1 aromatic carbocycles. The van der Waals surface area contributed by atoms with Gasteiger partial charge in [-0.1, -0.05) is 12.1 Å². The van der Waals surface area contributed by atoms with Gasteiger partial charge in [0.25, 0.3) is 0 Å². The second-order valence-electron chi connectivity index (χ2n) is 7.69. The molecule has 0 amide bonds. The normalized spacial score (nSPS) is 14.4. The lowest BCUT2D eigenvalue weighted by Crippen LogP contribution is -2.36. The van der Waals surface area contributed by atoms with Crippen molar-refractivity contribution in [3.8, 4) is 11.3 Å². The molecule has 8 nitrogen and oxygen atoms in total. The number of pyridine rings is 2. The van der Waals surface area contributed by atoms with Crippen molar-refractivity contribution < 1.29 is 17.9 Å². The van der Waals surface area contributed by atoms with E-state index in [9.17, 15) is 13.2 Å². The lowest BCUT2D eigenvalue weighted by atomic mass is 10.1. The first-order valence-electron chi connectivity index (χ1n) is 10.5. The molecule has 0 aliphatic carbocycles. The molecule has 1 aliphatic heterocycles. The number of aromatic nitrogens is 4. The van der Waals surface area contributed by atoms with Crippen LogP contribution in [0.1, 0.15) is 5.56 Å². The van der Waals surface area contributed by atoms with Crippen molar-refractivity contribution in [2.24, 2.45) is 0 Å². The summed E-state index contributed by atoms with van der Waals surface area (Å²) >= 11 is 0. The van der Waals surface area contributed by atoms with E-state index in [1.807, 2.05) is 12.1 Å². The van der Waals surface area contributed by atoms with Gasteiger partial charge in [0.05, 0.1) is 41.2 Å². The van der Waals surface area contributed by atoms with Crippen molar-refractivity contribution in [2.45, 2.75) is 6.18 Å². The molecule has 5 rings (SSSR count). The number of nitrogens with two attached hydrogens (primary N) is 1.